The Labute approximate surface area is 101 Å². The summed E-state index contributed by atoms with van der Waals surface area (Å²) in [4.78, 5) is 21.8. The van der Waals surface area contributed by atoms with Crippen molar-refractivity contribution >= 4 is 17.7 Å². The normalized spacial score (nSPS) is 10.3. The monoisotopic (exact) mass is 259 g/mol. The van der Waals surface area contributed by atoms with Crippen molar-refractivity contribution in [2.75, 3.05) is 5.32 Å². The molecule has 0 aliphatic rings. The average molecular weight is 259 g/mol. The molecule has 0 atom stereocenters. The van der Waals surface area contributed by atoms with Crippen LogP contribution in [-0.4, -0.2) is 23.3 Å². The highest BCUT2D eigenvalue weighted by atomic mass is 19.1. The third-order valence-electron chi connectivity index (χ3n) is 1.87. The first-order chi connectivity index (χ1) is 8.31. The van der Waals surface area contributed by atoms with Crippen LogP contribution >= 0.6 is 0 Å². The van der Waals surface area contributed by atoms with Crippen molar-refractivity contribution in [1.29, 1.82) is 0 Å². The van der Waals surface area contributed by atoms with Crippen LogP contribution in [0.25, 0.3) is 0 Å². The van der Waals surface area contributed by atoms with Crippen LogP contribution in [0.15, 0.2) is 12.1 Å². The summed E-state index contributed by atoms with van der Waals surface area (Å²) in [7, 11) is 0. The van der Waals surface area contributed by atoms with E-state index in [9.17, 15) is 18.4 Å². The van der Waals surface area contributed by atoms with Crippen molar-refractivity contribution < 1.29 is 28.2 Å². The molecule has 1 rings (SSSR count). The van der Waals surface area contributed by atoms with Gasteiger partial charge in [-0.25, -0.2) is 18.4 Å². The van der Waals surface area contributed by atoms with Crippen LogP contribution in [0.2, 0.25) is 0 Å². The summed E-state index contributed by atoms with van der Waals surface area (Å²) in [5, 5.41) is 10.7. The van der Waals surface area contributed by atoms with Crippen LogP contribution in [-0.2, 0) is 4.74 Å². The Kier molecular flexibility index (Phi) is 4.19. The van der Waals surface area contributed by atoms with Gasteiger partial charge in [0.1, 0.15) is 11.6 Å². The minimum atomic E-state index is -1.56. The van der Waals surface area contributed by atoms with Gasteiger partial charge in [-0.05, 0) is 19.9 Å². The second kappa shape index (κ2) is 5.44. The summed E-state index contributed by atoms with van der Waals surface area (Å²) < 4.78 is 31.0. The predicted molar refractivity (Wildman–Crippen MR) is 58.6 cm³/mol. The Balaban J connectivity index is 2.99. The van der Waals surface area contributed by atoms with Crippen LogP contribution in [0.1, 0.15) is 24.2 Å². The molecule has 18 heavy (non-hydrogen) atoms. The molecule has 0 radical (unpaired) electrons. The number of benzene rings is 1. The van der Waals surface area contributed by atoms with Gasteiger partial charge in [-0.3, -0.25) is 5.32 Å². The van der Waals surface area contributed by atoms with Crippen LogP contribution in [0.3, 0.4) is 0 Å². The van der Waals surface area contributed by atoms with E-state index in [1.807, 2.05) is 5.32 Å². The van der Waals surface area contributed by atoms with Crippen molar-refractivity contribution in [1.82, 2.24) is 0 Å². The fraction of sp³-hybridized carbons (Fsp3) is 0.273. The van der Waals surface area contributed by atoms with Crippen LogP contribution in [0.5, 0.6) is 0 Å². The molecule has 0 saturated carbocycles. The number of halogens is 2. The number of hydrogen-bond acceptors (Lipinski definition) is 3. The van der Waals surface area contributed by atoms with Crippen molar-refractivity contribution in [3.63, 3.8) is 0 Å². The molecule has 0 aromatic heterocycles. The van der Waals surface area contributed by atoms with E-state index in [4.69, 9.17) is 5.11 Å². The van der Waals surface area contributed by atoms with Gasteiger partial charge < -0.3 is 9.84 Å². The first kappa shape index (κ1) is 13.9. The number of anilines is 1. The van der Waals surface area contributed by atoms with Crippen LogP contribution in [0.4, 0.5) is 19.3 Å². The Morgan fingerprint density at radius 2 is 1.89 bits per heavy atom. The number of hydrogen-bond donors (Lipinski definition) is 2. The number of carbonyl (C=O) groups is 2. The summed E-state index contributed by atoms with van der Waals surface area (Å²) in [6, 6.07) is 1.07. The van der Waals surface area contributed by atoms with E-state index in [0.717, 1.165) is 0 Å². The minimum Gasteiger partial charge on any atom is -0.478 e. The molecule has 0 bridgehead atoms. The first-order valence-corrected chi connectivity index (χ1v) is 5.01. The van der Waals surface area contributed by atoms with Crippen molar-refractivity contribution in [2.24, 2.45) is 0 Å². The zero-order chi connectivity index (χ0) is 13.9. The number of carboxylic acid groups (broad SMARTS) is 1. The zero-order valence-electron chi connectivity index (χ0n) is 9.66. The lowest BCUT2D eigenvalue weighted by Crippen LogP contribution is -2.19. The van der Waals surface area contributed by atoms with E-state index in [1.54, 1.807) is 13.8 Å². The van der Waals surface area contributed by atoms with E-state index in [1.165, 1.54) is 0 Å². The third-order valence-corrected chi connectivity index (χ3v) is 1.87. The van der Waals surface area contributed by atoms with Gasteiger partial charge in [-0.2, -0.15) is 0 Å². The quantitative estimate of drug-likeness (QED) is 0.874. The molecule has 98 valence electrons. The summed E-state index contributed by atoms with van der Waals surface area (Å²) >= 11 is 0. The average Bonchev–Trinajstić information content (AvgIpc) is 2.20. The molecule has 0 aliphatic carbocycles. The highest BCUT2D eigenvalue weighted by molar-refractivity contribution is 5.91. The van der Waals surface area contributed by atoms with Crippen molar-refractivity contribution in [3.8, 4) is 0 Å². The van der Waals surface area contributed by atoms with Gasteiger partial charge in [0, 0.05) is 6.07 Å². The predicted octanol–water partition coefficient (Wildman–Crippen LogP) is 2.62. The Morgan fingerprint density at radius 3 is 2.39 bits per heavy atom. The number of aromatic carboxylic acids is 1. The van der Waals surface area contributed by atoms with Gasteiger partial charge in [0.15, 0.2) is 0 Å². The van der Waals surface area contributed by atoms with E-state index in [2.05, 4.69) is 4.74 Å². The largest absolute Gasteiger partial charge is 0.478 e. The molecule has 0 spiro atoms. The van der Waals surface area contributed by atoms with Gasteiger partial charge in [0.05, 0.1) is 17.4 Å². The van der Waals surface area contributed by atoms with Gasteiger partial charge in [0.25, 0.3) is 0 Å². The highest BCUT2D eigenvalue weighted by Gasteiger charge is 2.17. The standard InChI is InChI=1S/C11H11F2NO4/c1-5(2)18-11(17)14-9-3-6(10(15)16)7(12)4-8(9)13/h3-5H,1-2H3,(H,14,17)(H,15,16). The van der Waals surface area contributed by atoms with Gasteiger partial charge in [0.2, 0.25) is 0 Å². The molecule has 0 aliphatic heterocycles. The van der Waals surface area contributed by atoms with Crippen LogP contribution in [0, 0.1) is 11.6 Å². The maximum Gasteiger partial charge on any atom is 0.411 e. The fourth-order valence-electron chi connectivity index (χ4n) is 1.16. The van der Waals surface area contributed by atoms with Crippen molar-refractivity contribution in [3.05, 3.63) is 29.3 Å². The Hall–Kier alpha value is -2.18. The maximum atomic E-state index is 13.3. The number of ether oxygens (including phenoxy) is 1. The summed E-state index contributed by atoms with van der Waals surface area (Å²) in [6.45, 7) is 3.17. The second-order valence-electron chi connectivity index (χ2n) is 3.70. The molecular weight excluding hydrogens is 248 g/mol. The van der Waals surface area contributed by atoms with Gasteiger partial charge in [-0.1, -0.05) is 0 Å². The summed E-state index contributed by atoms with van der Waals surface area (Å²) in [5.41, 5.74) is -1.20. The van der Waals surface area contributed by atoms with E-state index in [-0.39, 0.29) is 0 Å². The molecule has 0 unspecified atom stereocenters. The third kappa shape index (κ3) is 3.41. The van der Waals surface area contributed by atoms with Crippen molar-refractivity contribution in [2.45, 2.75) is 20.0 Å². The molecule has 7 heteroatoms. The molecule has 2 N–H and O–H groups in total. The Bertz CT molecular complexity index is 488. The smallest absolute Gasteiger partial charge is 0.411 e. The van der Waals surface area contributed by atoms with E-state index < -0.39 is 41.1 Å². The fourth-order valence-corrected chi connectivity index (χ4v) is 1.16. The summed E-state index contributed by atoms with van der Waals surface area (Å²) in [6.07, 6.45) is -1.38. The van der Waals surface area contributed by atoms with E-state index in [0.29, 0.717) is 12.1 Å². The molecule has 1 aromatic carbocycles. The molecule has 1 aromatic rings. The molecule has 5 nitrogen and oxygen atoms in total. The number of nitrogens with one attached hydrogen (secondary N) is 1. The zero-order valence-corrected chi connectivity index (χ0v) is 9.66. The topological polar surface area (TPSA) is 75.6 Å². The minimum absolute atomic E-state index is 0.383. The highest BCUT2D eigenvalue weighted by Crippen LogP contribution is 2.20. The lowest BCUT2D eigenvalue weighted by molar-refractivity contribution is 0.0691. The van der Waals surface area contributed by atoms with Crippen LogP contribution < -0.4 is 5.32 Å². The van der Waals surface area contributed by atoms with E-state index >= 15 is 0 Å². The molecule has 0 heterocycles. The lowest BCUT2D eigenvalue weighted by atomic mass is 10.2. The molecule has 0 fully saturated rings. The SMILES string of the molecule is CC(C)OC(=O)Nc1cc(C(=O)O)c(F)cc1F. The summed E-state index contributed by atoms with van der Waals surface area (Å²) in [5.74, 6) is -3.87. The molecular formula is C11H11F2NO4. The number of amides is 1. The Morgan fingerprint density at radius 1 is 1.28 bits per heavy atom. The lowest BCUT2D eigenvalue weighted by Gasteiger charge is -2.10. The number of carbonyl (C=O) groups excluding carboxylic acids is 1. The molecule has 1 amide bonds. The number of carboxylic acids is 1. The first-order valence-electron chi connectivity index (χ1n) is 5.01. The number of rotatable bonds is 3. The molecule has 0 saturated heterocycles. The van der Waals surface area contributed by atoms with Gasteiger partial charge >= 0.3 is 12.1 Å². The van der Waals surface area contributed by atoms with Gasteiger partial charge in [-0.15, -0.1) is 0 Å². The second-order valence-corrected chi connectivity index (χ2v) is 3.70. The maximum absolute atomic E-state index is 13.3.